The number of carboxylic acids is 1. The van der Waals surface area contributed by atoms with Crippen molar-refractivity contribution in [3.8, 4) is 0 Å². The lowest BCUT2D eigenvalue weighted by Crippen LogP contribution is -2.11. The molecule has 0 radical (unpaired) electrons. The quantitative estimate of drug-likeness (QED) is 0.793. The van der Waals surface area contributed by atoms with Gasteiger partial charge in [0.25, 0.3) is 0 Å². The van der Waals surface area contributed by atoms with Gasteiger partial charge in [-0.25, -0.2) is 0 Å². The summed E-state index contributed by atoms with van der Waals surface area (Å²) in [6, 6.07) is 3.67. The molecule has 1 N–H and O–H groups in total. The van der Waals surface area contributed by atoms with Crippen molar-refractivity contribution < 1.29 is 19.5 Å². The molecule has 19 heavy (non-hydrogen) atoms. The van der Waals surface area contributed by atoms with Crippen LogP contribution in [0.1, 0.15) is 31.6 Å². The summed E-state index contributed by atoms with van der Waals surface area (Å²) in [7, 11) is 0. The van der Waals surface area contributed by atoms with Gasteiger partial charge in [0.05, 0.1) is 6.42 Å². The molecule has 1 atom stereocenters. The van der Waals surface area contributed by atoms with Crippen molar-refractivity contribution in [2.24, 2.45) is 5.92 Å². The number of aliphatic carboxylic acids is 1. The third-order valence-corrected chi connectivity index (χ3v) is 3.52. The first kappa shape index (κ1) is 17.9. The van der Waals surface area contributed by atoms with Gasteiger partial charge in [-0.15, -0.1) is 24.0 Å². The Labute approximate surface area is 122 Å². The molecule has 0 bridgehead atoms. The Hall–Kier alpha value is -1.14. The van der Waals surface area contributed by atoms with Gasteiger partial charge in [-0.2, -0.15) is 0 Å². The first-order valence-corrected chi connectivity index (χ1v) is 7.15. The van der Waals surface area contributed by atoms with Crippen LogP contribution in [0.25, 0.3) is 0 Å². The van der Waals surface area contributed by atoms with Crippen LogP contribution in [-0.4, -0.2) is 22.0 Å². The van der Waals surface area contributed by atoms with Gasteiger partial charge >= 0.3 is 5.97 Å². The van der Waals surface area contributed by atoms with Gasteiger partial charge in [0.2, 0.25) is 0 Å². The molecular weight excluding hydrogens is 284 g/mol. The standard InChI is InChI=1S/C7H12O2S.C6H6O2S/c1-3-6(7(9)10)4-5(2)8;7-6(8)4-5-2-1-3-9-5/h6H,3-4H2,1-2H3,(H,9,10);1-3H,4H2,(H,7,8). The largest absolute Gasteiger partial charge is 0.481 e. The van der Waals surface area contributed by atoms with Crippen molar-refractivity contribution in [1.29, 1.82) is 0 Å². The van der Waals surface area contributed by atoms with Crippen molar-refractivity contribution in [3.05, 3.63) is 22.4 Å². The van der Waals surface area contributed by atoms with E-state index in [1.807, 2.05) is 24.4 Å². The fraction of sp³-hybridized carbons (Fsp3) is 0.462. The van der Waals surface area contributed by atoms with E-state index in [-0.39, 0.29) is 23.2 Å². The van der Waals surface area contributed by atoms with Crippen molar-refractivity contribution in [1.82, 2.24) is 0 Å². The second-order valence-corrected chi connectivity index (χ2v) is 5.47. The van der Waals surface area contributed by atoms with E-state index < -0.39 is 5.97 Å². The third-order valence-electron chi connectivity index (χ3n) is 2.28. The van der Waals surface area contributed by atoms with Crippen LogP contribution in [-0.2, 0) is 20.8 Å². The first-order chi connectivity index (χ1) is 8.86. The number of carbonyl (C=O) groups excluding carboxylic acids is 2. The average Bonchev–Trinajstić information content (AvgIpc) is 2.77. The molecule has 106 valence electrons. The van der Waals surface area contributed by atoms with Gasteiger partial charge in [0.15, 0.2) is 5.12 Å². The van der Waals surface area contributed by atoms with E-state index in [4.69, 9.17) is 5.11 Å². The summed E-state index contributed by atoms with van der Waals surface area (Å²) in [5.74, 6) is -0.896. The molecule has 0 aromatic carbocycles. The van der Waals surface area contributed by atoms with Crippen molar-refractivity contribution >= 4 is 40.8 Å². The molecule has 1 unspecified atom stereocenters. The Morgan fingerprint density at radius 2 is 2.05 bits per heavy atom. The van der Waals surface area contributed by atoms with Gasteiger partial charge in [-0.1, -0.05) is 13.0 Å². The highest BCUT2D eigenvalue weighted by Crippen LogP contribution is 2.11. The summed E-state index contributed by atoms with van der Waals surface area (Å²) < 4.78 is 0. The van der Waals surface area contributed by atoms with E-state index in [1.165, 1.54) is 18.3 Å². The Morgan fingerprint density at radius 1 is 1.42 bits per heavy atom. The second-order valence-electron chi connectivity index (χ2n) is 4.00. The molecule has 0 aliphatic rings. The predicted octanol–water partition coefficient (Wildman–Crippen LogP) is 2.82. The topological polar surface area (TPSA) is 71.4 Å². The van der Waals surface area contributed by atoms with Crippen molar-refractivity contribution in [2.75, 3.05) is 0 Å². The number of ketones is 1. The first-order valence-electron chi connectivity index (χ1n) is 5.83. The number of rotatable bonds is 6. The van der Waals surface area contributed by atoms with E-state index >= 15 is 0 Å². The molecule has 1 rings (SSSR count). The van der Waals surface area contributed by atoms with Crippen LogP contribution < -0.4 is 0 Å². The van der Waals surface area contributed by atoms with Gasteiger partial charge in [-0.05, 0) is 24.8 Å². The third kappa shape index (κ3) is 9.44. The summed E-state index contributed by atoms with van der Waals surface area (Å²) in [6.45, 7) is 3.36. The maximum Gasteiger partial charge on any atom is 0.308 e. The summed E-state index contributed by atoms with van der Waals surface area (Å²) in [4.78, 5) is 32.1. The van der Waals surface area contributed by atoms with Gasteiger partial charge in [0.1, 0.15) is 5.78 Å². The van der Waals surface area contributed by atoms with E-state index in [0.717, 1.165) is 4.88 Å². The zero-order valence-electron chi connectivity index (χ0n) is 11.0. The molecule has 0 saturated heterocycles. The molecule has 6 heteroatoms. The van der Waals surface area contributed by atoms with Crippen molar-refractivity contribution in [3.63, 3.8) is 0 Å². The zero-order chi connectivity index (χ0) is 14.8. The van der Waals surface area contributed by atoms with E-state index in [0.29, 0.717) is 12.8 Å². The average molecular weight is 302 g/mol. The maximum absolute atomic E-state index is 10.6. The summed E-state index contributed by atoms with van der Waals surface area (Å²) in [5.41, 5.74) is 0. The number of carbonyl (C=O) groups is 3. The second kappa shape index (κ2) is 9.75. The number of Topliss-reactive ketones (excluding diaryl/α,β-unsaturated/α-hetero) is 1. The summed E-state index contributed by atoms with van der Waals surface area (Å²) in [5, 5.41) is 9.98. The molecule has 1 aromatic rings. The minimum absolute atomic E-state index is 0.0502. The number of carboxylic acid groups (broad SMARTS) is 1. The van der Waals surface area contributed by atoms with Crippen LogP contribution in [0.15, 0.2) is 17.5 Å². The Bertz CT molecular complexity index is 412. The minimum atomic E-state index is -0.766. The highest BCUT2D eigenvalue weighted by molar-refractivity contribution is 7.96. The predicted molar refractivity (Wildman–Crippen MR) is 78.7 cm³/mol. The van der Waals surface area contributed by atoms with Crippen LogP contribution >= 0.6 is 24.0 Å². The maximum atomic E-state index is 10.6. The molecule has 4 nitrogen and oxygen atoms in total. The highest BCUT2D eigenvalue weighted by atomic mass is 32.1. The normalized spacial score (nSPS) is 11.1. The van der Waals surface area contributed by atoms with E-state index in [1.54, 1.807) is 0 Å². The summed E-state index contributed by atoms with van der Waals surface area (Å²) in [6.07, 6.45) is 1.18. The van der Waals surface area contributed by atoms with Crippen LogP contribution in [0.5, 0.6) is 0 Å². The van der Waals surface area contributed by atoms with Gasteiger partial charge in [0, 0.05) is 17.2 Å². The van der Waals surface area contributed by atoms with Crippen molar-refractivity contribution in [2.45, 2.75) is 33.1 Å². The fourth-order valence-corrected chi connectivity index (χ4v) is 2.29. The molecule has 0 fully saturated rings. The minimum Gasteiger partial charge on any atom is -0.481 e. The van der Waals surface area contributed by atoms with Crippen LogP contribution in [0, 0.1) is 5.92 Å². The molecule has 0 amide bonds. The lowest BCUT2D eigenvalue weighted by Gasteiger charge is -2.05. The van der Waals surface area contributed by atoms with Gasteiger partial charge < -0.3 is 9.90 Å². The molecular formula is C13H18O4S2. The molecule has 0 aliphatic heterocycles. The van der Waals surface area contributed by atoms with E-state index in [2.05, 4.69) is 12.6 Å². The molecule has 1 aromatic heterocycles. The Balaban J connectivity index is 0.000000342. The summed E-state index contributed by atoms with van der Waals surface area (Å²) >= 11 is 5.13. The number of thiol groups is 1. The molecule has 0 aliphatic carbocycles. The highest BCUT2D eigenvalue weighted by Gasteiger charge is 2.13. The number of hydrogen-bond acceptors (Lipinski definition) is 4. The lowest BCUT2D eigenvalue weighted by atomic mass is 10.0. The van der Waals surface area contributed by atoms with E-state index in [9.17, 15) is 14.4 Å². The Morgan fingerprint density at radius 3 is 2.32 bits per heavy atom. The Kier molecular flexibility index (Phi) is 9.16. The van der Waals surface area contributed by atoms with Gasteiger partial charge in [-0.3, -0.25) is 9.59 Å². The molecule has 1 heterocycles. The fourth-order valence-electron chi connectivity index (χ4n) is 1.32. The van der Waals surface area contributed by atoms with Crippen LogP contribution in [0.3, 0.4) is 0 Å². The zero-order valence-corrected chi connectivity index (χ0v) is 12.7. The van der Waals surface area contributed by atoms with Crippen LogP contribution in [0.2, 0.25) is 0 Å². The molecule has 0 saturated carbocycles. The SMILES string of the molecule is CCC(CC(C)=O)C(=O)S.O=C(O)Cc1cccs1. The number of thiophene rings is 1. The monoisotopic (exact) mass is 302 g/mol. The van der Waals surface area contributed by atoms with Crippen LogP contribution in [0.4, 0.5) is 0 Å². The lowest BCUT2D eigenvalue weighted by molar-refractivity contribution is -0.136. The molecule has 0 spiro atoms. The number of hydrogen-bond donors (Lipinski definition) is 2. The smallest absolute Gasteiger partial charge is 0.308 e.